The number of rotatable bonds is 7. The van der Waals surface area contributed by atoms with Gasteiger partial charge in [0.15, 0.2) is 6.10 Å². The summed E-state index contributed by atoms with van der Waals surface area (Å²) in [6.07, 6.45) is -0.0627. The normalized spacial score (nSPS) is 11.7. The zero-order chi connectivity index (χ0) is 19.1. The summed E-state index contributed by atoms with van der Waals surface area (Å²) in [7, 11) is 0. The first-order chi connectivity index (χ1) is 12.4. The highest BCUT2D eigenvalue weighted by atomic mass is 16.6. The molecule has 2 aromatic carbocycles. The van der Waals surface area contributed by atoms with Crippen molar-refractivity contribution < 1.29 is 19.1 Å². The number of benzene rings is 2. The fourth-order valence-corrected chi connectivity index (χ4v) is 2.41. The summed E-state index contributed by atoms with van der Waals surface area (Å²) < 4.78 is 10.7. The van der Waals surface area contributed by atoms with Crippen molar-refractivity contribution in [2.24, 2.45) is 0 Å². The summed E-state index contributed by atoms with van der Waals surface area (Å²) in [6.45, 7) is 7.25. The number of anilines is 1. The average molecular weight is 355 g/mol. The van der Waals surface area contributed by atoms with Gasteiger partial charge in [0.2, 0.25) is 0 Å². The Bertz CT molecular complexity index is 753. The molecule has 0 unspecified atom stereocenters. The number of aryl methyl sites for hydroxylation is 1. The smallest absolute Gasteiger partial charge is 0.347 e. The van der Waals surface area contributed by atoms with Crippen LogP contribution in [0.1, 0.15) is 43.6 Å². The van der Waals surface area contributed by atoms with Crippen molar-refractivity contribution in [2.45, 2.75) is 46.3 Å². The van der Waals surface area contributed by atoms with E-state index in [9.17, 15) is 9.59 Å². The minimum atomic E-state index is -0.714. The molecule has 0 bridgehead atoms. The number of hydrogen-bond acceptors (Lipinski definition) is 4. The topological polar surface area (TPSA) is 64.6 Å². The Morgan fingerprint density at radius 3 is 2.27 bits per heavy atom. The lowest BCUT2D eigenvalue weighted by Gasteiger charge is -2.16. The van der Waals surface area contributed by atoms with E-state index in [2.05, 4.69) is 5.32 Å². The summed E-state index contributed by atoms with van der Waals surface area (Å²) in [5.41, 5.74) is 2.41. The average Bonchev–Trinajstić information content (AvgIpc) is 2.62. The second kappa shape index (κ2) is 9.04. The first kappa shape index (κ1) is 19.5. The molecule has 0 aliphatic heterocycles. The monoisotopic (exact) mass is 355 g/mol. The van der Waals surface area contributed by atoms with E-state index in [0.717, 1.165) is 17.7 Å². The largest absolute Gasteiger partial charge is 0.479 e. The molecule has 2 rings (SSSR count). The van der Waals surface area contributed by atoms with Gasteiger partial charge in [0.1, 0.15) is 5.75 Å². The van der Waals surface area contributed by atoms with E-state index in [0.29, 0.717) is 11.3 Å². The molecule has 138 valence electrons. The Hall–Kier alpha value is -2.82. The van der Waals surface area contributed by atoms with Crippen LogP contribution in [0.4, 0.5) is 5.69 Å². The number of para-hydroxylation sites is 1. The third-order valence-corrected chi connectivity index (χ3v) is 3.76. The second-order valence-corrected chi connectivity index (χ2v) is 6.23. The molecule has 1 amide bonds. The van der Waals surface area contributed by atoms with Crippen LogP contribution >= 0.6 is 0 Å². The molecule has 1 atom stereocenters. The minimum absolute atomic E-state index is 0.189. The first-order valence-electron chi connectivity index (χ1n) is 8.77. The van der Waals surface area contributed by atoms with Crippen molar-refractivity contribution in [3.63, 3.8) is 0 Å². The molecular formula is C21H25NO4. The van der Waals surface area contributed by atoms with Gasteiger partial charge in [-0.3, -0.25) is 4.79 Å². The number of carbonyl (C=O) groups excluding carboxylic acids is 2. The van der Waals surface area contributed by atoms with Crippen LogP contribution in [0.15, 0.2) is 48.5 Å². The molecular weight excluding hydrogens is 330 g/mol. The highest BCUT2D eigenvalue weighted by Crippen LogP contribution is 2.19. The van der Waals surface area contributed by atoms with Gasteiger partial charge in [-0.15, -0.1) is 0 Å². The number of carbonyl (C=O) groups is 2. The van der Waals surface area contributed by atoms with E-state index in [1.807, 2.05) is 31.2 Å². The molecule has 0 aliphatic rings. The zero-order valence-corrected chi connectivity index (χ0v) is 15.6. The summed E-state index contributed by atoms with van der Waals surface area (Å²) in [6, 6.07) is 14.4. The van der Waals surface area contributed by atoms with Crippen LogP contribution < -0.4 is 10.1 Å². The predicted molar refractivity (Wildman–Crippen MR) is 102 cm³/mol. The van der Waals surface area contributed by atoms with Crippen molar-refractivity contribution in [3.8, 4) is 5.75 Å². The Kier molecular flexibility index (Phi) is 6.78. The van der Waals surface area contributed by atoms with Crippen molar-refractivity contribution in [1.82, 2.24) is 0 Å². The van der Waals surface area contributed by atoms with Gasteiger partial charge in [0.05, 0.1) is 6.10 Å². The SMILES string of the molecule is CCc1ccccc1NC(=O)c1ccc(O[C@@H](C)C(=O)OC(C)C)cc1. The quantitative estimate of drug-likeness (QED) is 0.755. The molecule has 0 heterocycles. The van der Waals surface area contributed by atoms with E-state index in [1.165, 1.54) is 0 Å². The van der Waals surface area contributed by atoms with Crippen LogP contribution in [0.5, 0.6) is 5.75 Å². The van der Waals surface area contributed by atoms with Gasteiger partial charge in [-0.05, 0) is 63.1 Å². The van der Waals surface area contributed by atoms with E-state index in [4.69, 9.17) is 9.47 Å². The number of ether oxygens (including phenoxy) is 2. The molecule has 5 heteroatoms. The van der Waals surface area contributed by atoms with E-state index in [-0.39, 0.29) is 12.0 Å². The minimum Gasteiger partial charge on any atom is -0.479 e. The Labute approximate surface area is 154 Å². The fourth-order valence-electron chi connectivity index (χ4n) is 2.41. The molecule has 1 N–H and O–H groups in total. The maximum Gasteiger partial charge on any atom is 0.347 e. The van der Waals surface area contributed by atoms with Crippen LogP contribution in [-0.4, -0.2) is 24.1 Å². The number of nitrogens with one attached hydrogen (secondary N) is 1. The van der Waals surface area contributed by atoms with Crippen LogP contribution in [-0.2, 0) is 16.0 Å². The maximum atomic E-state index is 12.4. The third-order valence-electron chi connectivity index (χ3n) is 3.76. The van der Waals surface area contributed by atoms with Gasteiger partial charge in [-0.25, -0.2) is 4.79 Å². The molecule has 0 saturated carbocycles. The van der Waals surface area contributed by atoms with Gasteiger partial charge >= 0.3 is 5.97 Å². The van der Waals surface area contributed by atoms with Gasteiger partial charge in [-0.2, -0.15) is 0 Å². The predicted octanol–water partition coefficient (Wildman–Crippen LogP) is 4.22. The fraction of sp³-hybridized carbons (Fsp3) is 0.333. The Morgan fingerprint density at radius 1 is 1.00 bits per heavy atom. The molecule has 0 aliphatic carbocycles. The lowest BCUT2D eigenvalue weighted by Crippen LogP contribution is -2.28. The van der Waals surface area contributed by atoms with Crippen molar-refractivity contribution in [3.05, 3.63) is 59.7 Å². The highest BCUT2D eigenvalue weighted by molar-refractivity contribution is 6.04. The van der Waals surface area contributed by atoms with Crippen LogP contribution in [0.2, 0.25) is 0 Å². The van der Waals surface area contributed by atoms with Gasteiger partial charge in [0.25, 0.3) is 5.91 Å². The van der Waals surface area contributed by atoms with E-state index in [1.54, 1.807) is 45.0 Å². The maximum absolute atomic E-state index is 12.4. The third kappa shape index (κ3) is 5.34. The van der Waals surface area contributed by atoms with Crippen molar-refractivity contribution >= 4 is 17.6 Å². The molecule has 0 spiro atoms. The number of hydrogen-bond donors (Lipinski definition) is 1. The van der Waals surface area contributed by atoms with Crippen LogP contribution in [0.25, 0.3) is 0 Å². The first-order valence-corrected chi connectivity index (χ1v) is 8.77. The summed E-state index contributed by atoms with van der Waals surface area (Å²) >= 11 is 0. The number of esters is 1. The van der Waals surface area contributed by atoms with Crippen LogP contribution in [0, 0.1) is 0 Å². The van der Waals surface area contributed by atoms with Crippen molar-refractivity contribution in [1.29, 1.82) is 0 Å². The summed E-state index contributed by atoms with van der Waals surface area (Å²) in [4.78, 5) is 24.2. The van der Waals surface area contributed by atoms with Crippen molar-refractivity contribution in [2.75, 3.05) is 5.32 Å². The Morgan fingerprint density at radius 2 is 1.65 bits per heavy atom. The molecule has 5 nitrogen and oxygen atoms in total. The molecule has 2 aromatic rings. The lowest BCUT2D eigenvalue weighted by atomic mass is 10.1. The van der Waals surface area contributed by atoms with E-state index < -0.39 is 12.1 Å². The molecule has 0 aromatic heterocycles. The number of amides is 1. The summed E-state index contributed by atoms with van der Waals surface area (Å²) in [5.74, 6) is -0.105. The van der Waals surface area contributed by atoms with E-state index >= 15 is 0 Å². The van der Waals surface area contributed by atoms with Gasteiger partial charge in [-0.1, -0.05) is 25.1 Å². The lowest BCUT2D eigenvalue weighted by molar-refractivity contribution is -0.154. The van der Waals surface area contributed by atoms with Crippen LogP contribution in [0.3, 0.4) is 0 Å². The standard InChI is InChI=1S/C21H25NO4/c1-5-16-8-6-7-9-19(16)22-20(23)17-10-12-18(13-11-17)26-15(4)21(24)25-14(2)3/h6-15H,5H2,1-4H3,(H,22,23)/t15-/m0/s1. The highest BCUT2D eigenvalue weighted by Gasteiger charge is 2.18. The molecule has 0 saturated heterocycles. The molecule has 0 radical (unpaired) electrons. The Balaban J connectivity index is 2.00. The molecule has 0 fully saturated rings. The second-order valence-electron chi connectivity index (χ2n) is 6.23. The molecule has 26 heavy (non-hydrogen) atoms. The zero-order valence-electron chi connectivity index (χ0n) is 15.6. The van der Waals surface area contributed by atoms with Gasteiger partial charge < -0.3 is 14.8 Å². The summed E-state index contributed by atoms with van der Waals surface area (Å²) in [5, 5.41) is 2.92. The van der Waals surface area contributed by atoms with Gasteiger partial charge in [0, 0.05) is 11.3 Å².